The molecule has 0 saturated carbocycles. The van der Waals surface area contributed by atoms with Crippen molar-refractivity contribution in [3.05, 3.63) is 58.6 Å². The summed E-state index contributed by atoms with van der Waals surface area (Å²) in [4.78, 5) is 12.3. The highest BCUT2D eigenvalue weighted by Gasteiger charge is 2.18. The fraction of sp³-hybridized carbons (Fsp3) is 0.0714. The number of amides is 1. The minimum absolute atomic E-state index is 0.0212. The molecule has 21 heavy (non-hydrogen) atoms. The standard InChI is InChI=1S/C14H13BrN2O3S/c1-16-21(19,20)13-9-5-4-8-12(13)17-14(18)10-6-2-3-7-11(10)15/h2-9,16H,1H3,(H,17,18). The highest BCUT2D eigenvalue weighted by atomic mass is 79.9. The first kappa shape index (κ1) is 15.7. The Morgan fingerprint density at radius 1 is 1.05 bits per heavy atom. The van der Waals surface area contributed by atoms with Gasteiger partial charge in [-0.1, -0.05) is 24.3 Å². The Morgan fingerprint density at radius 2 is 1.67 bits per heavy atom. The van der Waals surface area contributed by atoms with E-state index in [1.54, 1.807) is 42.5 Å². The normalized spacial score (nSPS) is 11.1. The molecule has 0 heterocycles. The molecule has 0 saturated heterocycles. The first-order valence-electron chi connectivity index (χ1n) is 6.04. The molecule has 0 aliphatic heterocycles. The zero-order chi connectivity index (χ0) is 15.5. The van der Waals surface area contributed by atoms with Crippen molar-refractivity contribution in [2.75, 3.05) is 12.4 Å². The monoisotopic (exact) mass is 368 g/mol. The molecule has 0 atom stereocenters. The SMILES string of the molecule is CNS(=O)(=O)c1ccccc1NC(=O)c1ccccc1Br. The Kier molecular flexibility index (Phi) is 4.76. The van der Waals surface area contributed by atoms with Crippen LogP contribution < -0.4 is 10.0 Å². The predicted molar refractivity (Wildman–Crippen MR) is 84.8 cm³/mol. The lowest BCUT2D eigenvalue weighted by Gasteiger charge is -2.11. The van der Waals surface area contributed by atoms with E-state index in [4.69, 9.17) is 0 Å². The Hall–Kier alpha value is -1.70. The van der Waals surface area contributed by atoms with Crippen LogP contribution in [0.3, 0.4) is 0 Å². The van der Waals surface area contributed by atoms with Crippen molar-refractivity contribution in [3.8, 4) is 0 Å². The van der Waals surface area contributed by atoms with E-state index in [2.05, 4.69) is 26.0 Å². The molecule has 0 unspecified atom stereocenters. The van der Waals surface area contributed by atoms with E-state index in [9.17, 15) is 13.2 Å². The number of nitrogens with one attached hydrogen (secondary N) is 2. The van der Waals surface area contributed by atoms with Crippen molar-refractivity contribution in [3.63, 3.8) is 0 Å². The van der Waals surface area contributed by atoms with E-state index in [-0.39, 0.29) is 16.5 Å². The molecule has 2 aromatic rings. The third kappa shape index (κ3) is 3.49. The summed E-state index contributed by atoms with van der Waals surface area (Å²) >= 11 is 3.29. The molecule has 0 aliphatic carbocycles. The number of para-hydroxylation sites is 1. The van der Waals surface area contributed by atoms with Gasteiger partial charge in [0, 0.05) is 4.47 Å². The topological polar surface area (TPSA) is 75.3 Å². The third-order valence-corrected chi connectivity index (χ3v) is 4.98. The zero-order valence-corrected chi connectivity index (χ0v) is 13.5. The first-order chi connectivity index (χ1) is 9.95. The maximum Gasteiger partial charge on any atom is 0.256 e. The molecule has 7 heteroatoms. The molecule has 2 rings (SSSR count). The van der Waals surface area contributed by atoms with E-state index in [1.807, 2.05) is 0 Å². The van der Waals surface area contributed by atoms with Gasteiger partial charge in [-0.2, -0.15) is 0 Å². The van der Waals surface area contributed by atoms with Gasteiger partial charge in [-0.3, -0.25) is 4.79 Å². The van der Waals surface area contributed by atoms with Crippen LogP contribution in [0.4, 0.5) is 5.69 Å². The van der Waals surface area contributed by atoms with Gasteiger partial charge >= 0.3 is 0 Å². The number of halogens is 1. The van der Waals surface area contributed by atoms with E-state index >= 15 is 0 Å². The molecule has 0 aromatic heterocycles. The molecule has 0 spiro atoms. The van der Waals surface area contributed by atoms with E-state index in [1.165, 1.54) is 13.1 Å². The van der Waals surface area contributed by atoms with Crippen molar-refractivity contribution in [2.45, 2.75) is 4.90 Å². The molecule has 0 aliphatic rings. The number of rotatable bonds is 4. The Morgan fingerprint density at radius 3 is 2.33 bits per heavy atom. The number of carbonyl (C=O) groups excluding carboxylic acids is 1. The first-order valence-corrected chi connectivity index (χ1v) is 8.32. The smallest absolute Gasteiger partial charge is 0.256 e. The fourth-order valence-corrected chi connectivity index (χ4v) is 3.10. The van der Waals surface area contributed by atoms with Crippen molar-refractivity contribution in [2.24, 2.45) is 0 Å². The minimum Gasteiger partial charge on any atom is -0.321 e. The molecule has 0 fully saturated rings. The Balaban J connectivity index is 2.38. The van der Waals surface area contributed by atoms with Gasteiger partial charge in [0.15, 0.2) is 0 Å². The van der Waals surface area contributed by atoms with Gasteiger partial charge in [-0.25, -0.2) is 13.1 Å². The van der Waals surface area contributed by atoms with Crippen LogP contribution in [0.15, 0.2) is 57.9 Å². The summed E-state index contributed by atoms with van der Waals surface area (Å²) in [6.07, 6.45) is 0. The van der Waals surface area contributed by atoms with Crippen LogP contribution in [-0.4, -0.2) is 21.4 Å². The number of carbonyl (C=O) groups is 1. The lowest BCUT2D eigenvalue weighted by molar-refractivity contribution is 0.102. The molecule has 2 aromatic carbocycles. The molecule has 1 amide bonds. The summed E-state index contributed by atoms with van der Waals surface area (Å²) in [5.41, 5.74) is 0.654. The van der Waals surface area contributed by atoms with Crippen LogP contribution in [0.5, 0.6) is 0 Å². The second-order valence-electron chi connectivity index (χ2n) is 4.14. The number of benzene rings is 2. The van der Waals surface area contributed by atoms with Crippen molar-refractivity contribution in [1.29, 1.82) is 0 Å². The van der Waals surface area contributed by atoms with Gasteiger partial charge in [-0.05, 0) is 47.2 Å². The average Bonchev–Trinajstić information content (AvgIpc) is 2.48. The highest BCUT2D eigenvalue weighted by molar-refractivity contribution is 9.10. The van der Waals surface area contributed by atoms with Crippen molar-refractivity contribution >= 4 is 37.5 Å². The predicted octanol–water partition coefficient (Wildman–Crippen LogP) is 2.61. The second-order valence-corrected chi connectivity index (χ2v) is 6.85. The summed E-state index contributed by atoms with van der Waals surface area (Å²) in [5.74, 6) is -0.388. The van der Waals surface area contributed by atoms with Crippen LogP contribution in [0.1, 0.15) is 10.4 Å². The van der Waals surface area contributed by atoms with Crippen LogP contribution in [-0.2, 0) is 10.0 Å². The molecule has 2 N–H and O–H groups in total. The molecular weight excluding hydrogens is 356 g/mol. The van der Waals surface area contributed by atoms with Crippen LogP contribution in [0.25, 0.3) is 0 Å². The quantitative estimate of drug-likeness (QED) is 0.870. The molecule has 110 valence electrons. The van der Waals surface area contributed by atoms with Crippen molar-refractivity contribution < 1.29 is 13.2 Å². The van der Waals surface area contributed by atoms with Gasteiger partial charge in [0.2, 0.25) is 10.0 Å². The van der Waals surface area contributed by atoms with Gasteiger partial charge in [0.25, 0.3) is 5.91 Å². The summed E-state index contributed by atoms with van der Waals surface area (Å²) < 4.78 is 26.7. The maximum atomic E-state index is 12.2. The summed E-state index contributed by atoms with van der Waals surface area (Å²) in [6, 6.07) is 13.1. The van der Waals surface area contributed by atoms with E-state index < -0.39 is 10.0 Å². The summed E-state index contributed by atoms with van der Waals surface area (Å²) in [5, 5.41) is 2.62. The van der Waals surface area contributed by atoms with Crippen molar-refractivity contribution in [1.82, 2.24) is 4.72 Å². The maximum absolute atomic E-state index is 12.2. The van der Waals surface area contributed by atoms with Gasteiger partial charge in [0.1, 0.15) is 4.90 Å². The van der Waals surface area contributed by atoms with E-state index in [0.29, 0.717) is 10.0 Å². The minimum atomic E-state index is -3.64. The lowest BCUT2D eigenvalue weighted by Crippen LogP contribution is -2.21. The lowest BCUT2D eigenvalue weighted by atomic mass is 10.2. The Labute approximate surface area is 131 Å². The highest BCUT2D eigenvalue weighted by Crippen LogP contribution is 2.23. The largest absolute Gasteiger partial charge is 0.321 e. The zero-order valence-electron chi connectivity index (χ0n) is 11.1. The molecule has 0 radical (unpaired) electrons. The summed E-state index contributed by atoms with van der Waals surface area (Å²) in [7, 11) is -2.32. The van der Waals surface area contributed by atoms with Crippen LogP contribution in [0.2, 0.25) is 0 Å². The van der Waals surface area contributed by atoms with Gasteiger partial charge < -0.3 is 5.32 Å². The molecule has 0 bridgehead atoms. The molecular formula is C14H13BrN2O3S. The second kappa shape index (κ2) is 6.38. The van der Waals surface area contributed by atoms with E-state index in [0.717, 1.165) is 0 Å². The molecule has 5 nitrogen and oxygen atoms in total. The Bertz CT molecular complexity index is 775. The average molecular weight is 369 g/mol. The number of hydrogen-bond donors (Lipinski definition) is 2. The third-order valence-electron chi connectivity index (χ3n) is 2.81. The van der Waals surface area contributed by atoms with Crippen LogP contribution >= 0.6 is 15.9 Å². The number of sulfonamides is 1. The summed E-state index contributed by atoms with van der Waals surface area (Å²) in [6.45, 7) is 0. The number of anilines is 1. The van der Waals surface area contributed by atoms with Crippen LogP contribution in [0, 0.1) is 0 Å². The number of hydrogen-bond acceptors (Lipinski definition) is 3. The van der Waals surface area contributed by atoms with Gasteiger partial charge in [-0.15, -0.1) is 0 Å². The fourth-order valence-electron chi connectivity index (χ4n) is 1.75. The van der Waals surface area contributed by atoms with Gasteiger partial charge in [0.05, 0.1) is 11.3 Å².